The number of pyridine rings is 1. The molecule has 0 aliphatic heterocycles. The van der Waals surface area contributed by atoms with E-state index in [0.717, 1.165) is 22.0 Å². The Balaban J connectivity index is 1.74. The highest BCUT2D eigenvalue weighted by molar-refractivity contribution is 5.98. The minimum Gasteiger partial charge on any atom is -0.361 e. The molecule has 1 aromatic carbocycles. The van der Waals surface area contributed by atoms with Crippen LogP contribution in [-0.2, 0) is 6.54 Å². The second-order valence-corrected chi connectivity index (χ2v) is 4.76. The lowest BCUT2D eigenvalue weighted by Crippen LogP contribution is -2.23. The van der Waals surface area contributed by atoms with Crippen LogP contribution in [0.3, 0.4) is 0 Å². The van der Waals surface area contributed by atoms with Crippen LogP contribution in [0.25, 0.3) is 10.9 Å². The second-order valence-electron chi connectivity index (χ2n) is 4.76. The minimum atomic E-state index is -0.0655. The lowest BCUT2D eigenvalue weighted by molar-refractivity contribution is 0.0951. The summed E-state index contributed by atoms with van der Waals surface area (Å²) in [6.45, 7) is 2.50. The Hall–Kier alpha value is -2.62. The van der Waals surface area contributed by atoms with Crippen molar-refractivity contribution in [1.29, 1.82) is 0 Å². The molecule has 3 aromatic rings. The predicted octanol–water partition coefficient (Wildman–Crippen LogP) is 2.80. The van der Waals surface area contributed by atoms with Crippen LogP contribution < -0.4 is 5.32 Å². The number of nitrogens with one attached hydrogen (secondary N) is 2. The summed E-state index contributed by atoms with van der Waals surface area (Å²) in [5.74, 6) is -0.0655. The summed E-state index contributed by atoms with van der Waals surface area (Å²) in [5.41, 5.74) is 3.86. The van der Waals surface area contributed by atoms with Crippen LogP contribution in [-0.4, -0.2) is 15.9 Å². The third-order valence-electron chi connectivity index (χ3n) is 3.39. The van der Waals surface area contributed by atoms with Crippen molar-refractivity contribution >= 4 is 16.8 Å². The van der Waals surface area contributed by atoms with Gasteiger partial charge in [0.05, 0.1) is 0 Å². The van der Waals surface area contributed by atoms with E-state index in [1.54, 1.807) is 12.4 Å². The third kappa shape index (κ3) is 2.40. The van der Waals surface area contributed by atoms with E-state index < -0.39 is 0 Å². The average molecular weight is 265 g/mol. The van der Waals surface area contributed by atoms with Crippen LogP contribution in [0.4, 0.5) is 0 Å². The largest absolute Gasteiger partial charge is 0.361 e. The molecule has 0 aliphatic carbocycles. The van der Waals surface area contributed by atoms with E-state index >= 15 is 0 Å². The molecule has 1 amide bonds. The Labute approximate surface area is 116 Å². The van der Waals surface area contributed by atoms with E-state index in [2.05, 4.69) is 15.3 Å². The van der Waals surface area contributed by atoms with Gasteiger partial charge in [-0.05, 0) is 48.4 Å². The number of hydrogen-bond acceptors (Lipinski definition) is 2. The first kappa shape index (κ1) is 12.4. The molecule has 0 spiro atoms. The summed E-state index contributed by atoms with van der Waals surface area (Å²) < 4.78 is 0. The molecule has 2 heterocycles. The molecule has 0 radical (unpaired) electrons. The first-order valence-electron chi connectivity index (χ1n) is 6.49. The number of carbonyl (C=O) groups excluding carboxylic acids is 1. The molecule has 0 unspecified atom stereocenters. The summed E-state index contributed by atoms with van der Waals surface area (Å²) in [6.07, 6.45) is 5.40. The van der Waals surface area contributed by atoms with E-state index in [0.29, 0.717) is 12.1 Å². The zero-order valence-electron chi connectivity index (χ0n) is 11.2. The Morgan fingerprint density at radius 2 is 2.20 bits per heavy atom. The third-order valence-corrected chi connectivity index (χ3v) is 3.39. The highest BCUT2D eigenvalue weighted by atomic mass is 16.1. The number of H-pyrrole nitrogens is 1. The SMILES string of the molecule is Cc1cnccc1CNC(=O)c1ccc2[nH]ccc2c1. The van der Waals surface area contributed by atoms with Crippen molar-refractivity contribution in [1.82, 2.24) is 15.3 Å². The summed E-state index contributed by atoms with van der Waals surface area (Å²) in [5, 5.41) is 3.98. The van der Waals surface area contributed by atoms with Crippen molar-refractivity contribution in [2.24, 2.45) is 0 Å². The lowest BCUT2D eigenvalue weighted by atomic mass is 10.1. The standard InChI is InChI=1S/C16H15N3O/c1-11-9-17-6-4-14(11)10-19-16(20)13-2-3-15-12(8-13)5-7-18-15/h2-9,18H,10H2,1H3,(H,19,20). The van der Waals surface area contributed by atoms with Gasteiger partial charge in [0.1, 0.15) is 0 Å². The number of benzene rings is 1. The first-order chi connectivity index (χ1) is 9.74. The fourth-order valence-corrected chi connectivity index (χ4v) is 2.17. The van der Waals surface area contributed by atoms with Gasteiger partial charge in [-0.25, -0.2) is 0 Å². The van der Waals surface area contributed by atoms with E-state index in [9.17, 15) is 4.79 Å². The predicted molar refractivity (Wildman–Crippen MR) is 78.4 cm³/mol. The number of aromatic nitrogens is 2. The maximum absolute atomic E-state index is 12.2. The van der Waals surface area contributed by atoms with Crippen LogP contribution in [0.5, 0.6) is 0 Å². The monoisotopic (exact) mass is 265 g/mol. The molecule has 4 nitrogen and oxygen atoms in total. The van der Waals surface area contributed by atoms with Crippen molar-refractivity contribution in [3.8, 4) is 0 Å². The summed E-state index contributed by atoms with van der Waals surface area (Å²) >= 11 is 0. The maximum Gasteiger partial charge on any atom is 0.251 e. The molecule has 2 aromatic heterocycles. The van der Waals surface area contributed by atoms with Crippen LogP contribution in [0.15, 0.2) is 48.9 Å². The number of rotatable bonds is 3. The number of nitrogens with zero attached hydrogens (tertiary/aromatic N) is 1. The minimum absolute atomic E-state index is 0.0655. The van der Waals surface area contributed by atoms with Gasteiger partial charge in [-0.3, -0.25) is 9.78 Å². The van der Waals surface area contributed by atoms with Crippen molar-refractivity contribution in [2.75, 3.05) is 0 Å². The molecule has 0 atom stereocenters. The van der Waals surface area contributed by atoms with Gasteiger partial charge in [0.15, 0.2) is 0 Å². The van der Waals surface area contributed by atoms with Gasteiger partial charge >= 0.3 is 0 Å². The number of hydrogen-bond donors (Lipinski definition) is 2. The summed E-state index contributed by atoms with van der Waals surface area (Å²) in [7, 11) is 0. The lowest BCUT2D eigenvalue weighted by Gasteiger charge is -2.07. The smallest absolute Gasteiger partial charge is 0.251 e. The maximum atomic E-state index is 12.2. The molecule has 20 heavy (non-hydrogen) atoms. The molecule has 2 N–H and O–H groups in total. The quantitative estimate of drug-likeness (QED) is 0.765. The van der Waals surface area contributed by atoms with Crippen LogP contribution >= 0.6 is 0 Å². The molecule has 0 bridgehead atoms. The van der Waals surface area contributed by atoms with Gasteiger partial charge in [-0.15, -0.1) is 0 Å². The van der Waals surface area contributed by atoms with Gasteiger partial charge < -0.3 is 10.3 Å². The Kier molecular flexibility index (Phi) is 3.21. The molecule has 4 heteroatoms. The first-order valence-corrected chi connectivity index (χ1v) is 6.49. The van der Waals surface area contributed by atoms with Gasteiger partial charge in [0.25, 0.3) is 5.91 Å². The van der Waals surface area contributed by atoms with Crippen molar-refractivity contribution in [3.63, 3.8) is 0 Å². The molecular weight excluding hydrogens is 250 g/mol. The fraction of sp³-hybridized carbons (Fsp3) is 0.125. The number of aromatic amines is 1. The molecular formula is C16H15N3O. The highest BCUT2D eigenvalue weighted by Gasteiger charge is 2.07. The van der Waals surface area contributed by atoms with E-state index in [4.69, 9.17) is 0 Å². The molecule has 0 fully saturated rings. The number of aryl methyl sites for hydroxylation is 1. The normalized spacial score (nSPS) is 10.7. The second kappa shape index (κ2) is 5.17. The summed E-state index contributed by atoms with van der Waals surface area (Å²) in [4.78, 5) is 19.3. The van der Waals surface area contributed by atoms with E-state index in [1.165, 1.54) is 0 Å². The van der Waals surface area contributed by atoms with Crippen LogP contribution in [0.2, 0.25) is 0 Å². The average Bonchev–Trinajstić information content (AvgIpc) is 2.93. The number of carbonyl (C=O) groups is 1. The molecule has 0 aliphatic rings. The summed E-state index contributed by atoms with van der Waals surface area (Å²) in [6, 6.07) is 9.51. The zero-order valence-corrected chi connectivity index (χ0v) is 11.2. The number of fused-ring (bicyclic) bond motifs is 1. The Bertz CT molecular complexity index is 761. The topological polar surface area (TPSA) is 57.8 Å². The zero-order chi connectivity index (χ0) is 13.9. The Morgan fingerprint density at radius 1 is 1.30 bits per heavy atom. The van der Waals surface area contributed by atoms with Crippen molar-refractivity contribution in [2.45, 2.75) is 13.5 Å². The Morgan fingerprint density at radius 3 is 3.05 bits per heavy atom. The van der Waals surface area contributed by atoms with E-state index in [1.807, 2.05) is 43.5 Å². The molecule has 0 saturated carbocycles. The van der Waals surface area contributed by atoms with Crippen LogP contribution in [0.1, 0.15) is 21.5 Å². The van der Waals surface area contributed by atoms with Crippen molar-refractivity contribution < 1.29 is 4.79 Å². The van der Waals surface area contributed by atoms with Gasteiger partial charge in [0, 0.05) is 41.6 Å². The van der Waals surface area contributed by atoms with E-state index in [-0.39, 0.29) is 5.91 Å². The van der Waals surface area contributed by atoms with Gasteiger partial charge in [-0.2, -0.15) is 0 Å². The molecule has 100 valence electrons. The highest BCUT2D eigenvalue weighted by Crippen LogP contribution is 2.14. The molecule has 3 rings (SSSR count). The van der Waals surface area contributed by atoms with Crippen LogP contribution in [0, 0.1) is 6.92 Å². The van der Waals surface area contributed by atoms with Gasteiger partial charge in [0.2, 0.25) is 0 Å². The number of amides is 1. The fourth-order valence-electron chi connectivity index (χ4n) is 2.17. The van der Waals surface area contributed by atoms with Gasteiger partial charge in [-0.1, -0.05) is 0 Å². The van der Waals surface area contributed by atoms with Crippen molar-refractivity contribution in [3.05, 3.63) is 65.6 Å². The molecule has 0 saturated heterocycles.